The Morgan fingerprint density at radius 3 is 2.50 bits per heavy atom. The molecule has 0 heterocycles. The first kappa shape index (κ1) is 13.4. The van der Waals surface area contributed by atoms with Crippen molar-refractivity contribution in [3.63, 3.8) is 0 Å². The van der Waals surface area contributed by atoms with Gasteiger partial charge in [0, 0.05) is 12.2 Å². The van der Waals surface area contributed by atoms with E-state index in [0.717, 1.165) is 6.54 Å². The maximum atomic E-state index is 3.54. The van der Waals surface area contributed by atoms with Gasteiger partial charge in [-0.3, -0.25) is 0 Å². The lowest BCUT2D eigenvalue weighted by atomic mass is 9.86. The highest BCUT2D eigenvalue weighted by Gasteiger charge is 2.16. The van der Waals surface area contributed by atoms with Crippen LogP contribution in [0.15, 0.2) is 24.3 Å². The van der Waals surface area contributed by atoms with E-state index in [2.05, 4.69) is 56.6 Å². The quantitative estimate of drug-likeness (QED) is 0.772. The first-order valence-electron chi connectivity index (χ1n) is 5.88. The van der Waals surface area contributed by atoms with E-state index in [-0.39, 0.29) is 5.41 Å². The summed E-state index contributed by atoms with van der Waals surface area (Å²) >= 11 is 1.91. The van der Waals surface area contributed by atoms with Crippen molar-refractivity contribution >= 4 is 17.4 Å². The van der Waals surface area contributed by atoms with Crippen LogP contribution in [-0.4, -0.2) is 18.6 Å². The molecular weight excluding hydrogens is 214 g/mol. The normalized spacial score (nSPS) is 11.5. The number of para-hydroxylation sites is 1. The van der Waals surface area contributed by atoms with Gasteiger partial charge in [0.25, 0.3) is 0 Å². The molecule has 0 aliphatic rings. The first-order valence-corrected chi connectivity index (χ1v) is 7.27. The lowest BCUT2D eigenvalue weighted by Gasteiger charge is -2.23. The minimum absolute atomic E-state index is 0.211. The number of anilines is 1. The van der Waals surface area contributed by atoms with Crippen molar-refractivity contribution in [2.45, 2.75) is 32.6 Å². The summed E-state index contributed by atoms with van der Waals surface area (Å²) in [7, 11) is 0. The molecule has 0 aliphatic carbocycles. The van der Waals surface area contributed by atoms with E-state index in [9.17, 15) is 0 Å². The highest BCUT2D eigenvalue weighted by molar-refractivity contribution is 7.98. The molecule has 1 nitrogen and oxygen atoms in total. The Labute approximate surface area is 104 Å². The average Bonchev–Trinajstić information content (AvgIpc) is 2.24. The van der Waals surface area contributed by atoms with Gasteiger partial charge in [-0.15, -0.1) is 0 Å². The van der Waals surface area contributed by atoms with E-state index in [1.807, 2.05) is 11.8 Å². The van der Waals surface area contributed by atoms with Gasteiger partial charge in [-0.2, -0.15) is 11.8 Å². The fourth-order valence-corrected chi connectivity index (χ4v) is 2.16. The predicted molar refractivity (Wildman–Crippen MR) is 76.6 cm³/mol. The Morgan fingerprint density at radius 2 is 1.88 bits per heavy atom. The van der Waals surface area contributed by atoms with E-state index in [4.69, 9.17) is 0 Å². The van der Waals surface area contributed by atoms with E-state index in [1.54, 1.807) is 0 Å². The van der Waals surface area contributed by atoms with Gasteiger partial charge in [0.05, 0.1) is 0 Å². The third-order valence-corrected chi connectivity index (χ3v) is 3.27. The van der Waals surface area contributed by atoms with Crippen LogP contribution in [0.1, 0.15) is 32.8 Å². The molecule has 0 atom stereocenters. The number of hydrogen-bond donors (Lipinski definition) is 1. The predicted octanol–water partition coefficient (Wildman–Crippen LogP) is 4.15. The van der Waals surface area contributed by atoms with Gasteiger partial charge in [0.2, 0.25) is 0 Å². The Kier molecular flexibility index (Phi) is 5.20. The van der Waals surface area contributed by atoms with E-state index in [0.29, 0.717) is 0 Å². The van der Waals surface area contributed by atoms with Crippen LogP contribution >= 0.6 is 11.8 Å². The molecule has 0 saturated heterocycles. The topological polar surface area (TPSA) is 12.0 Å². The zero-order valence-electron chi connectivity index (χ0n) is 10.8. The van der Waals surface area contributed by atoms with Crippen LogP contribution in [0.25, 0.3) is 0 Å². The van der Waals surface area contributed by atoms with Crippen molar-refractivity contribution in [1.29, 1.82) is 0 Å². The van der Waals surface area contributed by atoms with Gasteiger partial charge >= 0.3 is 0 Å². The number of hydrogen-bond acceptors (Lipinski definition) is 2. The third-order valence-electron chi connectivity index (χ3n) is 2.58. The second-order valence-electron chi connectivity index (χ2n) is 5.07. The largest absolute Gasteiger partial charge is 0.385 e. The smallest absolute Gasteiger partial charge is 0.0378 e. The lowest BCUT2D eigenvalue weighted by Crippen LogP contribution is -2.15. The third kappa shape index (κ3) is 4.09. The van der Waals surface area contributed by atoms with Gasteiger partial charge in [0.15, 0.2) is 0 Å². The van der Waals surface area contributed by atoms with Crippen LogP contribution in [0.4, 0.5) is 5.69 Å². The minimum Gasteiger partial charge on any atom is -0.385 e. The molecule has 0 aliphatic heterocycles. The Morgan fingerprint density at radius 1 is 1.19 bits per heavy atom. The summed E-state index contributed by atoms with van der Waals surface area (Å²) in [6, 6.07) is 8.62. The SMILES string of the molecule is CSCCCNc1ccccc1C(C)(C)C. The fraction of sp³-hybridized carbons (Fsp3) is 0.571. The lowest BCUT2D eigenvalue weighted by molar-refractivity contribution is 0.591. The number of rotatable bonds is 5. The minimum atomic E-state index is 0.211. The van der Waals surface area contributed by atoms with Gasteiger partial charge < -0.3 is 5.32 Å². The maximum absolute atomic E-state index is 3.54. The number of benzene rings is 1. The summed E-state index contributed by atoms with van der Waals surface area (Å²) in [4.78, 5) is 0. The summed E-state index contributed by atoms with van der Waals surface area (Å²) in [6.07, 6.45) is 3.38. The molecule has 0 radical (unpaired) electrons. The monoisotopic (exact) mass is 237 g/mol. The molecule has 0 aromatic heterocycles. The highest BCUT2D eigenvalue weighted by atomic mass is 32.2. The van der Waals surface area contributed by atoms with Crippen LogP contribution in [0.2, 0.25) is 0 Å². The molecule has 0 unspecified atom stereocenters. The molecule has 0 bridgehead atoms. The van der Waals surface area contributed by atoms with E-state index < -0.39 is 0 Å². The van der Waals surface area contributed by atoms with Gasteiger partial charge in [-0.1, -0.05) is 39.0 Å². The highest BCUT2D eigenvalue weighted by Crippen LogP contribution is 2.29. The zero-order chi connectivity index (χ0) is 12.0. The second kappa shape index (κ2) is 6.19. The molecule has 0 saturated carbocycles. The molecule has 0 fully saturated rings. The Bertz CT molecular complexity index is 315. The van der Waals surface area contributed by atoms with E-state index in [1.165, 1.54) is 23.4 Å². The Balaban J connectivity index is 2.65. The van der Waals surface area contributed by atoms with Crippen molar-refractivity contribution in [2.24, 2.45) is 0 Å². The number of nitrogens with one attached hydrogen (secondary N) is 1. The zero-order valence-corrected chi connectivity index (χ0v) is 11.7. The number of thioether (sulfide) groups is 1. The van der Waals surface area contributed by atoms with Crippen LogP contribution < -0.4 is 5.32 Å². The molecule has 2 heteroatoms. The molecule has 1 aromatic rings. The molecule has 0 spiro atoms. The van der Waals surface area contributed by atoms with Crippen LogP contribution in [0.3, 0.4) is 0 Å². The van der Waals surface area contributed by atoms with Crippen molar-refractivity contribution in [3.8, 4) is 0 Å². The molecule has 1 rings (SSSR count). The van der Waals surface area contributed by atoms with Gasteiger partial charge in [-0.25, -0.2) is 0 Å². The van der Waals surface area contributed by atoms with Gasteiger partial charge in [-0.05, 0) is 35.5 Å². The Hall–Kier alpha value is -0.630. The molecule has 1 aromatic carbocycles. The van der Waals surface area contributed by atoms with Gasteiger partial charge in [0.1, 0.15) is 0 Å². The van der Waals surface area contributed by atoms with Crippen molar-refractivity contribution in [1.82, 2.24) is 0 Å². The molecular formula is C14H23NS. The molecule has 1 N–H and O–H groups in total. The molecule has 16 heavy (non-hydrogen) atoms. The molecule has 0 amide bonds. The first-order chi connectivity index (χ1) is 7.55. The standard InChI is InChI=1S/C14H23NS/c1-14(2,3)12-8-5-6-9-13(12)15-10-7-11-16-4/h5-6,8-9,15H,7,10-11H2,1-4H3. The summed E-state index contributed by atoms with van der Waals surface area (Å²) in [6.45, 7) is 7.84. The van der Waals surface area contributed by atoms with Crippen molar-refractivity contribution in [2.75, 3.05) is 23.9 Å². The van der Waals surface area contributed by atoms with Crippen LogP contribution in [0.5, 0.6) is 0 Å². The maximum Gasteiger partial charge on any atom is 0.0378 e. The van der Waals surface area contributed by atoms with Crippen molar-refractivity contribution in [3.05, 3.63) is 29.8 Å². The second-order valence-corrected chi connectivity index (χ2v) is 6.05. The van der Waals surface area contributed by atoms with Crippen molar-refractivity contribution < 1.29 is 0 Å². The van der Waals surface area contributed by atoms with E-state index >= 15 is 0 Å². The summed E-state index contributed by atoms with van der Waals surface area (Å²) < 4.78 is 0. The van der Waals surface area contributed by atoms with Crippen LogP contribution in [-0.2, 0) is 5.41 Å². The van der Waals surface area contributed by atoms with Crippen LogP contribution in [0, 0.1) is 0 Å². The molecule has 90 valence electrons. The summed E-state index contributed by atoms with van der Waals surface area (Å²) in [5.41, 5.74) is 2.90. The average molecular weight is 237 g/mol. The fourth-order valence-electron chi connectivity index (χ4n) is 1.73. The summed E-state index contributed by atoms with van der Waals surface area (Å²) in [5.74, 6) is 1.23. The summed E-state index contributed by atoms with van der Waals surface area (Å²) in [5, 5.41) is 3.54.